The second-order valence-corrected chi connectivity index (χ2v) is 11.9. The molecule has 2 saturated heterocycles. The van der Waals surface area contributed by atoms with E-state index in [1.54, 1.807) is 0 Å². The lowest BCUT2D eigenvalue weighted by Crippen LogP contribution is -2.43. The van der Waals surface area contributed by atoms with Crippen molar-refractivity contribution in [2.75, 3.05) is 26.4 Å². The molecule has 0 aliphatic carbocycles. The van der Waals surface area contributed by atoms with Gasteiger partial charge in [-0.2, -0.15) is 0 Å². The number of carbonyl (C=O) groups is 2. The van der Waals surface area contributed by atoms with Crippen molar-refractivity contribution in [3.63, 3.8) is 0 Å². The smallest absolute Gasteiger partial charge is 0.335 e. The third kappa shape index (κ3) is 7.78. The number of hydrogen-bond acceptors (Lipinski definition) is 6. The maximum atomic E-state index is 12.5. The van der Waals surface area contributed by atoms with Crippen molar-refractivity contribution >= 4 is 11.9 Å². The van der Waals surface area contributed by atoms with E-state index >= 15 is 0 Å². The van der Waals surface area contributed by atoms with Gasteiger partial charge in [0.2, 0.25) is 0 Å². The van der Waals surface area contributed by atoms with Crippen molar-refractivity contribution in [1.82, 2.24) is 0 Å². The van der Waals surface area contributed by atoms with Crippen LogP contribution in [0, 0.1) is 0 Å². The van der Waals surface area contributed by atoms with E-state index in [4.69, 9.17) is 18.9 Å². The molecule has 0 spiro atoms. The van der Waals surface area contributed by atoms with Gasteiger partial charge in [-0.25, -0.2) is 9.59 Å². The first kappa shape index (κ1) is 30.5. The molecule has 2 fully saturated rings. The maximum Gasteiger partial charge on any atom is 0.335 e. The largest absolute Gasteiger partial charge is 0.478 e. The van der Waals surface area contributed by atoms with Gasteiger partial charge in [-0.15, -0.1) is 0 Å². The molecule has 1 aromatic rings. The van der Waals surface area contributed by atoms with Crippen LogP contribution in [0.5, 0.6) is 0 Å². The van der Waals surface area contributed by atoms with Crippen LogP contribution in [0.4, 0.5) is 0 Å². The molecule has 2 N–H and O–H groups in total. The molecule has 3 rings (SSSR count). The summed E-state index contributed by atoms with van der Waals surface area (Å²) >= 11 is 0. The third-order valence-corrected chi connectivity index (χ3v) is 8.37. The SMILES string of the molecule is CC(OCCCCC1CO1)C(C)(C)c1c(C(=O)O)ccc(C(=O)O)c1C(C)(C)C(C)OCCCCC1CO1. The molecule has 0 radical (unpaired) electrons. The van der Waals surface area contributed by atoms with Crippen LogP contribution in [0.1, 0.15) is 112 Å². The standard InChI is InChI=1S/C30H46O8/c1-19(35-15-9-7-11-21-17-37-21)29(3,4)25-23(27(31)32)13-14-24(28(33)34)26(25)30(5,6)20(2)36-16-10-8-12-22-18-38-22/h13-14,19-22H,7-12,15-18H2,1-6H3,(H,31,32)(H,33,34). The highest BCUT2D eigenvalue weighted by molar-refractivity contribution is 5.96. The molecule has 2 heterocycles. The number of aromatic carboxylic acids is 2. The fourth-order valence-corrected chi connectivity index (χ4v) is 5.06. The van der Waals surface area contributed by atoms with Crippen LogP contribution in [0.2, 0.25) is 0 Å². The minimum Gasteiger partial charge on any atom is -0.478 e. The maximum absolute atomic E-state index is 12.5. The number of rotatable bonds is 18. The van der Waals surface area contributed by atoms with Crippen molar-refractivity contribution in [3.05, 3.63) is 34.4 Å². The summed E-state index contributed by atoms with van der Waals surface area (Å²) in [6.45, 7) is 14.4. The van der Waals surface area contributed by atoms with Crippen LogP contribution < -0.4 is 0 Å². The normalized spacial score (nSPS) is 20.7. The lowest BCUT2D eigenvalue weighted by Gasteiger charge is -2.41. The molecule has 38 heavy (non-hydrogen) atoms. The zero-order valence-corrected chi connectivity index (χ0v) is 23.9. The summed E-state index contributed by atoms with van der Waals surface area (Å²) in [7, 11) is 0. The lowest BCUT2D eigenvalue weighted by atomic mass is 9.66. The minimum absolute atomic E-state index is 0.0982. The molecule has 0 bridgehead atoms. The van der Waals surface area contributed by atoms with E-state index in [-0.39, 0.29) is 23.3 Å². The van der Waals surface area contributed by atoms with E-state index < -0.39 is 22.8 Å². The van der Waals surface area contributed by atoms with Crippen LogP contribution >= 0.6 is 0 Å². The number of epoxide rings is 2. The van der Waals surface area contributed by atoms with E-state index in [0.717, 1.165) is 51.7 Å². The Morgan fingerprint density at radius 2 is 1.13 bits per heavy atom. The molecule has 0 amide bonds. The van der Waals surface area contributed by atoms with E-state index in [0.29, 0.717) is 36.5 Å². The Morgan fingerprint density at radius 3 is 1.42 bits per heavy atom. The molecule has 214 valence electrons. The fourth-order valence-electron chi connectivity index (χ4n) is 5.06. The third-order valence-electron chi connectivity index (χ3n) is 8.37. The van der Waals surface area contributed by atoms with Crippen molar-refractivity contribution in [2.45, 2.75) is 115 Å². The molecular formula is C30H46O8. The van der Waals surface area contributed by atoms with E-state index in [1.165, 1.54) is 12.1 Å². The Labute approximate surface area is 227 Å². The minimum atomic E-state index is -1.09. The van der Waals surface area contributed by atoms with Gasteiger partial charge in [-0.1, -0.05) is 27.7 Å². The number of carboxylic acid groups (broad SMARTS) is 2. The number of ether oxygens (including phenoxy) is 4. The van der Waals surface area contributed by atoms with Crippen LogP contribution in [-0.4, -0.2) is 73.0 Å². The van der Waals surface area contributed by atoms with Gasteiger partial charge in [0.25, 0.3) is 0 Å². The number of hydrogen-bond donors (Lipinski definition) is 2. The summed E-state index contributed by atoms with van der Waals surface area (Å²) < 4.78 is 23.0. The number of carboxylic acids is 2. The quantitative estimate of drug-likeness (QED) is 0.185. The van der Waals surface area contributed by atoms with Gasteiger partial charge in [-0.05, 0) is 75.6 Å². The fraction of sp³-hybridized carbons (Fsp3) is 0.733. The molecule has 0 aromatic heterocycles. The molecule has 4 unspecified atom stereocenters. The van der Waals surface area contributed by atoms with Crippen molar-refractivity contribution in [3.8, 4) is 0 Å². The summed E-state index contributed by atoms with van der Waals surface area (Å²) in [5.41, 5.74) is -0.377. The first-order valence-corrected chi connectivity index (χ1v) is 14.0. The molecule has 8 nitrogen and oxygen atoms in total. The number of benzene rings is 1. The highest BCUT2D eigenvalue weighted by atomic mass is 16.6. The first-order chi connectivity index (χ1) is 17.9. The van der Waals surface area contributed by atoms with E-state index in [1.807, 2.05) is 41.5 Å². The average Bonchev–Trinajstić information content (AvgIpc) is 3.78. The molecule has 2 aliphatic heterocycles. The van der Waals surface area contributed by atoms with Crippen LogP contribution in [0.15, 0.2) is 12.1 Å². The van der Waals surface area contributed by atoms with Crippen molar-refractivity contribution < 1.29 is 38.7 Å². The van der Waals surface area contributed by atoms with Gasteiger partial charge in [0.05, 0.1) is 48.8 Å². The molecule has 2 aliphatic rings. The van der Waals surface area contributed by atoms with Crippen molar-refractivity contribution in [2.24, 2.45) is 0 Å². The van der Waals surface area contributed by atoms with Gasteiger partial charge >= 0.3 is 11.9 Å². The van der Waals surface area contributed by atoms with Crippen LogP contribution in [-0.2, 0) is 29.8 Å². The predicted octanol–water partition coefficient (Wildman–Crippen LogP) is 5.59. The second kappa shape index (κ2) is 12.9. The van der Waals surface area contributed by atoms with Crippen LogP contribution in [0.25, 0.3) is 0 Å². The zero-order chi connectivity index (χ0) is 28.1. The molecular weight excluding hydrogens is 488 g/mol. The van der Waals surface area contributed by atoms with Gasteiger partial charge in [0.15, 0.2) is 0 Å². The summed E-state index contributed by atoms with van der Waals surface area (Å²) in [5.74, 6) is -2.18. The molecule has 0 saturated carbocycles. The summed E-state index contributed by atoms with van der Waals surface area (Å²) in [5, 5.41) is 20.4. The predicted molar refractivity (Wildman–Crippen MR) is 144 cm³/mol. The average molecular weight is 535 g/mol. The van der Waals surface area contributed by atoms with Gasteiger partial charge in [0.1, 0.15) is 0 Å². The van der Waals surface area contributed by atoms with Gasteiger partial charge in [-0.3, -0.25) is 0 Å². The Morgan fingerprint density at radius 1 is 0.789 bits per heavy atom. The molecule has 4 atom stereocenters. The number of unbranched alkanes of at least 4 members (excludes halogenated alkanes) is 2. The zero-order valence-electron chi connectivity index (χ0n) is 23.9. The Bertz CT molecular complexity index is 884. The summed E-state index contributed by atoms with van der Waals surface area (Å²) in [6, 6.07) is 2.83. The highest BCUT2D eigenvalue weighted by Crippen LogP contribution is 2.43. The first-order valence-electron chi connectivity index (χ1n) is 14.0. The van der Waals surface area contributed by atoms with Crippen molar-refractivity contribution in [1.29, 1.82) is 0 Å². The highest BCUT2D eigenvalue weighted by Gasteiger charge is 2.43. The molecule has 1 aromatic carbocycles. The lowest BCUT2D eigenvalue weighted by molar-refractivity contribution is 0.00865. The molecule has 8 heteroatoms. The van der Waals surface area contributed by atoms with Crippen LogP contribution in [0.3, 0.4) is 0 Å². The van der Waals surface area contributed by atoms with E-state index in [9.17, 15) is 19.8 Å². The Hall–Kier alpha value is -2.00. The van der Waals surface area contributed by atoms with E-state index in [2.05, 4.69) is 0 Å². The topological polar surface area (TPSA) is 118 Å². The Balaban J connectivity index is 1.86. The van der Waals surface area contributed by atoms with Gasteiger partial charge < -0.3 is 29.2 Å². The summed E-state index contributed by atoms with van der Waals surface area (Å²) in [4.78, 5) is 24.9. The Kier molecular flexibility index (Phi) is 10.4. The monoisotopic (exact) mass is 534 g/mol. The summed E-state index contributed by atoms with van der Waals surface area (Å²) in [6.07, 6.45) is 5.92. The van der Waals surface area contributed by atoms with Gasteiger partial charge in [0, 0.05) is 24.0 Å². The second-order valence-electron chi connectivity index (χ2n) is 11.9.